The van der Waals surface area contributed by atoms with Crippen molar-refractivity contribution in [1.82, 2.24) is 20.1 Å². The van der Waals surface area contributed by atoms with E-state index in [1.54, 1.807) is 11.8 Å². The van der Waals surface area contributed by atoms with Crippen LogP contribution < -0.4 is 5.32 Å². The Balaban J connectivity index is 1.55. The molecule has 2 fully saturated rings. The molecule has 5 nitrogen and oxygen atoms in total. The molecule has 0 saturated carbocycles. The van der Waals surface area contributed by atoms with Crippen LogP contribution in [0.15, 0.2) is 35.5 Å². The third-order valence-corrected chi connectivity index (χ3v) is 6.13. The monoisotopic (exact) mass is 358 g/mol. The standard InChI is InChI=1S/C19H26N4OS/c1-2-5-16(6-3-1)23-18(13-15-8-10-20-11-9-15)21-22-19(23)25-14-17-7-4-12-24-17/h1-3,5-6,15,17,20H,4,7-14H2/t17-/m1/s1. The minimum absolute atomic E-state index is 0.360. The Kier molecular flexibility index (Phi) is 5.69. The Morgan fingerprint density at radius 3 is 2.72 bits per heavy atom. The first-order valence-corrected chi connectivity index (χ1v) is 10.3. The van der Waals surface area contributed by atoms with E-state index in [9.17, 15) is 0 Å². The summed E-state index contributed by atoms with van der Waals surface area (Å²) in [5.41, 5.74) is 1.16. The fourth-order valence-electron chi connectivity index (χ4n) is 3.65. The molecule has 2 saturated heterocycles. The Hall–Kier alpha value is -1.37. The lowest BCUT2D eigenvalue weighted by atomic mass is 9.94. The van der Waals surface area contributed by atoms with Crippen LogP contribution >= 0.6 is 11.8 Å². The van der Waals surface area contributed by atoms with Crippen molar-refractivity contribution in [3.8, 4) is 5.69 Å². The van der Waals surface area contributed by atoms with Gasteiger partial charge in [0.15, 0.2) is 5.16 Å². The fraction of sp³-hybridized carbons (Fsp3) is 0.579. The second kappa shape index (κ2) is 8.34. The molecule has 0 aliphatic carbocycles. The Morgan fingerprint density at radius 1 is 1.12 bits per heavy atom. The van der Waals surface area contributed by atoms with E-state index >= 15 is 0 Å². The second-order valence-corrected chi connectivity index (χ2v) is 7.90. The van der Waals surface area contributed by atoms with E-state index in [0.29, 0.717) is 12.0 Å². The summed E-state index contributed by atoms with van der Waals surface area (Å²) in [4.78, 5) is 0. The number of para-hydroxylation sites is 1. The van der Waals surface area contributed by atoms with Gasteiger partial charge < -0.3 is 10.1 Å². The number of hydrogen-bond donors (Lipinski definition) is 1. The van der Waals surface area contributed by atoms with Crippen molar-refractivity contribution in [3.63, 3.8) is 0 Å². The van der Waals surface area contributed by atoms with Gasteiger partial charge in [-0.15, -0.1) is 10.2 Å². The van der Waals surface area contributed by atoms with E-state index in [4.69, 9.17) is 4.74 Å². The average Bonchev–Trinajstić information content (AvgIpc) is 3.31. The molecular formula is C19H26N4OS. The van der Waals surface area contributed by atoms with Gasteiger partial charge in [-0.25, -0.2) is 0 Å². The molecule has 0 spiro atoms. The van der Waals surface area contributed by atoms with Gasteiger partial charge in [-0.2, -0.15) is 0 Å². The van der Waals surface area contributed by atoms with Crippen molar-refractivity contribution in [2.45, 2.75) is 43.4 Å². The van der Waals surface area contributed by atoms with Crippen molar-refractivity contribution < 1.29 is 4.74 Å². The zero-order chi connectivity index (χ0) is 16.9. The predicted molar refractivity (Wildman–Crippen MR) is 100 cm³/mol. The largest absolute Gasteiger partial charge is 0.377 e. The molecule has 1 aromatic carbocycles. The number of piperidine rings is 1. The summed E-state index contributed by atoms with van der Waals surface area (Å²) in [5, 5.41) is 13.5. The summed E-state index contributed by atoms with van der Waals surface area (Å²) >= 11 is 1.77. The Morgan fingerprint density at radius 2 is 1.96 bits per heavy atom. The maximum atomic E-state index is 5.76. The molecule has 0 unspecified atom stereocenters. The summed E-state index contributed by atoms with van der Waals surface area (Å²) in [5.74, 6) is 2.75. The van der Waals surface area contributed by atoms with Gasteiger partial charge in [0, 0.05) is 24.5 Å². The van der Waals surface area contributed by atoms with Gasteiger partial charge in [0.1, 0.15) is 5.82 Å². The van der Waals surface area contributed by atoms with Gasteiger partial charge in [-0.05, 0) is 56.8 Å². The smallest absolute Gasteiger partial charge is 0.195 e. The third kappa shape index (κ3) is 4.25. The van der Waals surface area contributed by atoms with Crippen LogP contribution in [0.25, 0.3) is 5.69 Å². The number of nitrogens with zero attached hydrogens (tertiary/aromatic N) is 3. The van der Waals surface area contributed by atoms with Crippen LogP contribution in [-0.4, -0.2) is 46.3 Å². The topological polar surface area (TPSA) is 52.0 Å². The maximum absolute atomic E-state index is 5.76. The number of nitrogens with one attached hydrogen (secondary N) is 1. The van der Waals surface area contributed by atoms with Gasteiger partial charge in [-0.1, -0.05) is 30.0 Å². The molecular weight excluding hydrogens is 332 g/mol. The van der Waals surface area contributed by atoms with Gasteiger partial charge in [0.25, 0.3) is 0 Å². The van der Waals surface area contributed by atoms with E-state index in [2.05, 4.69) is 50.4 Å². The van der Waals surface area contributed by atoms with E-state index in [0.717, 1.165) is 55.0 Å². The van der Waals surface area contributed by atoms with Gasteiger partial charge in [0.05, 0.1) is 6.10 Å². The highest BCUT2D eigenvalue weighted by molar-refractivity contribution is 7.99. The number of rotatable bonds is 6. The number of hydrogen-bond acceptors (Lipinski definition) is 5. The quantitative estimate of drug-likeness (QED) is 0.804. The lowest BCUT2D eigenvalue weighted by molar-refractivity contribution is 0.129. The highest BCUT2D eigenvalue weighted by Crippen LogP contribution is 2.27. The molecule has 4 rings (SSSR count). The summed E-state index contributed by atoms with van der Waals surface area (Å²) < 4.78 is 8.01. The normalized spacial score (nSPS) is 21.7. The fourth-order valence-corrected chi connectivity index (χ4v) is 4.69. The number of thioether (sulfide) groups is 1. The molecule has 25 heavy (non-hydrogen) atoms. The zero-order valence-corrected chi connectivity index (χ0v) is 15.4. The van der Waals surface area contributed by atoms with E-state index < -0.39 is 0 Å². The summed E-state index contributed by atoms with van der Waals surface area (Å²) in [6.07, 6.45) is 6.15. The minimum atomic E-state index is 0.360. The summed E-state index contributed by atoms with van der Waals surface area (Å²) in [6.45, 7) is 3.13. The molecule has 0 radical (unpaired) electrons. The molecule has 2 aliphatic heterocycles. The van der Waals surface area contributed by atoms with E-state index in [1.807, 2.05) is 0 Å². The van der Waals surface area contributed by atoms with Crippen LogP contribution in [0, 0.1) is 5.92 Å². The molecule has 134 valence electrons. The van der Waals surface area contributed by atoms with Crippen molar-refractivity contribution in [1.29, 1.82) is 0 Å². The first-order chi connectivity index (χ1) is 12.4. The van der Waals surface area contributed by atoms with Crippen LogP contribution in [-0.2, 0) is 11.2 Å². The average molecular weight is 359 g/mol. The first-order valence-electron chi connectivity index (χ1n) is 9.35. The Bertz CT molecular complexity index is 663. The van der Waals surface area contributed by atoms with Crippen LogP contribution in [0.1, 0.15) is 31.5 Å². The minimum Gasteiger partial charge on any atom is -0.377 e. The highest BCUT2D eigenvalue weighted by Gasteiger charge is 2.22. The van der Waals surface area contributed by atoms with Crippen molar-refractivity contribution >= 4 is 11.8 Å². The Labute approximate surface area is 153 Å². The third-order valence-electron chi connectivity index (χ3n) is 5.07. The van der Waals surface area contributed by atoms with Crippen molar-refractivity contribution in [3.05, 3.63) is 36.2 Å². The van der Waals surface area contributed by atoms with Crippen LogP contribution in [0.4, 0.5) is 0 Å². The number of benzene rings is 1. The summed E-state index contributed by atoms with van der Waals surface area (Å²) in [7, 11) is 0. The van der Waals surface area contributed by atoms with Crippen molar-refractivity contribution in [2.75, 3.05) is 25.4 Å². The summed E-state index contributed by atoms with van der Waals surface area (Å²) in [6, 6.07) is 10.5. The number of ether oxygens (including phenoxy) is 1. The zero-order valence-electron chi connectivity index (χ0n) is 14.6. The lowest BCUT2D eigenvalue weighted by Gasteiger charge is -2.22. The first kappa shape index (κ1) is 17.1. The molecule has 0 amide bonds. The molecule has 6 heteroatoms. The molecule has 3 heterocycles. The molecule has 1 aromatic heterocycles. The predicted octanol–water partition coefficient (Wildman–Crippen LogP) is 3.08. The lowest BCUT2D eigenvalue weighted by Crippen LogP contribution is -2.29. The van der Waals surface area contributed by atoms with Crippen LogP contribution in [0.2, 0.25) is 0 Å². The SMILES string of the molecule is c1ccc(-n2c(CC3CCNCC3)nnc2SC[C@H]2CCCO2)cc1. The van der Waals surface area contributed by atoms with Crippen LogP contribution in [0.5, 0.6) is 0 Å². The van der Waals surface area contributed by atoms with Gasteiger partial charge in [0.2, 0.25) is 0 Å². The molecule has 2 aliphatic rings. The second-order valence-electron chi connectivity index (χ2n) is 6.91. The van der Waals surface area contributed by atoms with Gasteiger partial charge in [-0.3, -0.25) is 4.57 Å². The van der Waals surface area contributed by atoms with Crippen molar-refractivity contribution in [2.24, 2.45) is 5.92 Å². The molecule has 1 N–H and O–H groups in total. The molecule has 2 aromatic rings. The number of aromatic nitrogens is 3. The maximum Gasteiger partial charge on any atom is 0.195 e. The van der Waals surface area contributed by atoms with E-state index in [-0.39, 0.29) is 0 Å². The van der Waals surface area contributed by atoms with Gasteiger partial charge >= 0.3 is 0 Å². The molecule has 1 atom stereocenters. The molecule has 0 bridgehead atoms. The van der Waals surface area contributed by atoms with E-state index in [1.165, 1.54) is 19.3 Å². The highest BCUT2D eigenvalue weighted by atomic mass is 32.2. The van der Waals surface area contributed by atoms with Crippen LogP contribution in [0.3, 0.4) is 0 Å².